The molecule has 0 spiro atoms. The lowest BCUT2D eigenvalue weighted by Gasteiger charge is -2.25. The van der Waals surface area contributed by atoms with Gasteiger partial charge in [-0.1, -0.05) is 19.1 Å². The summed E-state index contributed by atoms with van der Waals surface area (Å²) in [6.45, 7) is 4.97. The second-order valence-electron chi connectivity index (χ2n) is 6.14. The number of rotatable bonds is 6. The smallest absolute Gasteiger partial charge is 0.122 e. The van der Waals surface area contributed by atoms with E-state index >= 15 is 0 Å². The van der Waals surface area contributed by atoms with Gasteiger partial charge in [0.05, 0.1) is 12.7 Å². The summed E-state index contributed by atoms with van der Waals surface area (Å²) in [7, 11) is 0. The van der Waals surface area contributed by atoms with Crippen LogP contribution < -0.4 is 10.1 Å². The maximum Gasteiger partial charge on any atom is 0.122 e. The largest absolute Gasteiger partial charge is 0.493 e. The van der Waals surface area contributed by atoms with Crippen molar-refractivity contribution >= 4 is 0 Å². The first-order valence-corrected chi connectivity index (χ1v) is 8.47. The molecule has 2 aliphatic rings. The van der Waals surface area contributed by atoms with Crippen molar-refractivity contribution in [3.63, 3.8) is 0 Å². The monoisotopic (exact) mass is 289 g/mol. The summed E-state index contributed by atoms with van der Waals surface area (Å²) < 4.78 is 11.5. The Morgan fingerprint density at radius 1 is 1.29 bits per heavy atom. The lowest BCUT2D eigenvalue weighted by atomic mass is 9.95. The molecule has 3 rings (SSSR count). The highest BCUT2D eigenvalue weighted by Crippen LogP contribution is 2.30. The molecule has 21 heavy (non-hydrogen) atoms. The van der Waals surface area contributed by atoms with Gasteiger partial charge in [0, 0.05) is 19.1 Å². The zero-order valence-corrected chi connectivity index (χ0v) is 13.1. The number of hydrogen-bond donors (Lipinski definition) is 1. The van der Waals surface area contributed by atoms with Gasteiger partial charge >= 0.3 is 0 Å². The fourth-order valence-electron chi connectivity index (χ4n) is 3.44. The Balaban J connectivity index is 1.63. The highest BCUT2D eigenvalue weighted by atomic mass is 16.5. The summed E-state index contributed by atoms with van der Waals surface area (Å²) in [6.07, 6.45) is 7.62. The number of benzene rings is 1. The van der Waals surface area contributed by atoms with Crippen molar-refractivity contribution < 1.29 is 9.47 Å². The minimum Gasteiger partial charge on any atom is -0.493 e. The number of fused-ring (bicyclic) bond motifs is 1. The van der Waals surface area contributed by atoms with Crippen LogP contribution in [0.1, 0.15) is 56.2 Å². The van der Waals surface area contributed by atoms with Gasteiger partial charge in [-0.05, 0) is 55.8 Å². The molecule has 1 aromatic carbocycles. The third-order valence-corrected chi connectivity index (χ3v) is 4.62. The van der Waals surface area contributed by atoms with E-state index < -0.39 is 0 Å². The van der Waals surface area contributed by atoms with Gasteiger partial charge < -0.3 is 14.8 Å². The van der Waals surface area contributed by atoms with E-state index in [1.165, 1.54) is 30.4 Å². The van der Waals surface area contributed by atoms with Gasteiger partial charge in [-0.2, -0.15) is 0 Å². The summed E-state index contributed by atoms with van der Waals surface area (Å²) >= 11 is 0. The minimum absolute atomic E-state index is 0.437. The summed E-state index contributed by atoms with van der Waals surface area (Å²) in [5, 5.41) is 3.63. The van der Waals surface area contributed by atoms with E-state index in [0.717, 1.165) is 44.8 Å². The van der Waals surface area contributed by atoms with Gasteiger partial charge in [-0.3, -0.25) is 0 Å². The van der Waals surface area contributed by atoms with Crippen molar-refractivity contribution in [1.29, 1.82) is 0 Å². The topological polar surface area (TPSA) is 30.5 Å². The molecule has 1 aromatic rings. The van der Waals surface area contributed by atoms with E-state index in [1.54, 1.807) is 0 Å². The number of nitrogens with one attached hydrogen (secondary N) is 1. The van der Waals surface area contributed by atoms with Crippen LogP contribution in [0.4, 0.5) is 0 Å². The third-order valence-electron chi connectivity index (χ3n) is 4.62. The average Bonchev–Trinajstić information content (AvgIpc) is 3.00. The normalized spacial score (nSPS) is 22.6. The molecule has 2 heterocycles. The molecule has 1 saturated heterocycles. The van der Waals surface area contributed by atoms with Crippen LogP contribution in [-0.2, 0) is 11.2 Å². The quantitative estimate of drug-likeness (QED) is 0.867. The Labute approximate surface area is 128 Å². The first-order chi connectivity index (χ1) is 10.4. The van der Waals surface area contributed by atoms with Crippen LogP contribution in [0.25, 0.3) is 0 Å². The molecule has 0 bridgehead atoms. The van der Waals surface area contributed by atoms with Gasteiger partial charge in [0.1, 0.15) is 5.75 Å². The Morgan fingerprint density at radius 2 is 2.24 bits per heavy atom. The summed E-state index contributed by atoms with van der Waals surface area (Å²) in [5.74, 6) is 1.07. The molecule has 1 fully saturated rings. The fourth-order valence-corrected chi connectivity index (χ4v) is 3.44. The van der Waals surface area contributed by atoms with Crippen molar-refractivity contribution in [3.8, 4) is 5.75 Å². The molecule has 3 nitrogen and oxygen atoms in total. The summed E-state index contributed by atoms with van der Waals surface area (Å²) in [5.41, 5.74) is 2.77. The van der Waals surface area contributed by atoms with E-state index in [4.69, 9.17) is 9.47 Å². The second-order valence-corrected chi connectivity index (χ2v) is 6.14. The Bertz CT molecular complexity index is 455. The van der Waals surface area contributed by atoms with Crippen LogP contribution in [0, 0.1) is 0 Å². The van der Waals surface area contributed by atoms with Crippen LogP contribution in [0.5, 0.6) is 5.75 Å². The third kappa shape index (κ3) is 3.78. The molecule has 0 saturated carbocycles. The molecule has 3 heteroatoms. The van der Waals surface area contributed by atoms with E-state index in [0.29, 0.717) is 12.1 Å². The lowest BCUT2D eigenvalue weighted by molar-refractivity contribution is 0.00856. The van der Waals surface area contributed by atoms with Crippen LogP contribution in [0.15, 0.2) is 18.2 Å². The molecule has 0 radical (unpaired) electrons. The first kappa shape index (κ1) is 14.9. The fraction of sp³-hybridized carbons (Fsp3) is 0.667. The van der Waals surface area contributed by atoms with Crippen LogP contribution in [0.2, 0.25) is 0 Å². The maximum atomic E-state index is 5.87. The van der Waals surface area contributed by atoms with Gasteiger partial charge in [0.25, 0.3) is 0 Å². The SMILES string of the molecule is CCNC(CCC1CCCCO1)c1ccc2c(c1)CCO2. The van der Waals surface area contributed by atoms with E-state index in [2.05, 4.69) is 30.4 Å². The molecular formula is C18H27NO2. The zero-order valence-electron chi connectivity index (χ0n) is 13.1. The van der Waals surface area contributed by atoms with Crippen LogP contribution in [-0.4, -0.2) is 25.9 Å². The standard InChI is InChI=1S/C18H27NO2/c1-2-19-17(8-7-16-5-3-4-11-20-16)14-6-9-18-15(13-14)10-12-21-18/h6,9,13,16-17,19H,2-5,7-8,10-12H2,1H3. The van der Waals surface area contributed by atoms with Crippen molar-refractivity contribution in [2.45, 2.75) is 57.6 Å². The van der Waals surface area contributed by atoms with Crippen molar-refractivity contribution in [2.75, 3.05) is 19.8 Å². The van der Waals surface area contributed by atoms with Crippen molar-refractivity contribution in [2.24, 2.45) is 0 Å². The maximum absolute atomic E-state index is 5.87. The van der Waals surface area contributed by atoms with Crippen LogP contribution >= 0.6 is 0 Å². The molecule has 2 aliphatic heterocycles. The minimum atomic E-state index is 0.437. The number of ether oxygens (including phenoxy) is 2. The molecule has 116 valence electrons. The van der Waals surface area contributed by atoms with Gasteiger partial charge in [-0.15, -0.1) is 0 Å². The van der Waals surface area contributed by atoms with E-state index in [1.807, 2.05) is 0 Å². The molecular weight excluding hydrogens is 262 g/mol. The molecule has 0 aliphatic carbocycles. The highest BCUT2D eigenvalue weighted by Gasteiger charge is 2.19. The highest BCUT2D eigenvalue weighted by molar-refractivity contribution is 5.40. The van der Waals surface area contributed by atoms with Gasteiger partial charge in [0.2, 0.25) is 0 Å². The summed E-state index contributed by atoms with van der Waals surface area (Å²) in [4.78, 5) is 0. The van der Waals surface area contributed by atoms with E-state index in [-0.39, 0.29) is 0 Å². The van der Waals surface area contributed by atoms with Crippen LogP contribution in [0.3, 0.4) is 0 Å². The van der Waals surface area contributed by atoms with Crippen molar-refractivity contribution in [1.82, 2.24) is 5.32 Å². The Kier molecular flexibility index (Phi) is 5.15. The lowest BCUT2D eigenvalue weighted by Crippen LogP contribution is -2.25. The number of hydrogen-bond acceptors (Lipinski definition) is 3. The van der Waals surface area contributed by atoms with Gasteiger partial charge in [-0.25, -0.2) is 0 Å². The predicted molar refractivity (Wildman–Crippen MR) is 84.9 cm³/mol. The second kappa shape index (κ2) is 7.28. The molecule has 0 aromatic heterocycles. The average molecular weight is 289 g/mol. The molecule has 0 amide bonds. The van der Waals surface area contributed by atoms with Crippen molar-refractivity contribution in [3.05, 3.63) is 29.3 Å². The van der Waals surface area contributed by atoms with E-state index in [9.17, 15) is 0 Å². The van der Waals surface area contributed by atoms with Gasteiger partial charge in [0.15, 0.2) is 0 Å². The predicted octanol–water partition coefficient (Wildman–Crippen LogP) is 3.62. The Morgan fingerprint density at radius 3 is 3.05 bits per heavy atom. The first-order valence-electron chi connectivity index (χ1n) is 8.47. The Hall–Kier alpha value is -1.06. The molecule has 2 unspecified atom stereocenters. The molecule has 2 atom stereocenters. The summed E-state index contributed by atoms with van der Waals surface area (Å²) in [6, 6.07) is 7.13. The zero-order chi connectivity index (χ0) is 14.5. The molecule has 1 N–H and O–H groups in total.